The molecular weight excluding hydrogens is 302 g/mol. The maximum absolute atomic E-state index is 12.1. The van der Waals surface area contributed by atoms with Gasteiger partial charge < -0.3 is 5.11 Å². The fourth-order valence-corrected chi connectivity index (χ4v) is 4.20. The summed E-state index contributed by atoms with van der Waals surface area (Å²) in [5.41, 5.74) is 0. The van der Waals surface area contributed by atoms with Crippen molar-refractivity contribution in [2.45, 2.75) is 26.3 Å². The van der Waals surface area contributed by atoms with Crippen LogP contribution in [0.25, 0.3) is 0 Å². The number of thiazole rings is 1. The molecule has 0 amide bonds. The number of carboxylic acid groups (broad SMARTS) is 1. The third-order valence-corrected chi connectivity index (χ3v) is 5.60. The van der Waals surface area contributed by atoms with Crippen LogP contribution in [0, 0.1) is 12.8 Å². The van der Waals surface area contributed by atoms with Gasteiger partial charge in [-0.25, -0.2) is 4.98 Å². The zero-order chi connectivity index (χ0) is 14.8. The number of aryl methyl sites for hydroxylation is 1. The van der Waals surface area contributed by atoms with E-state index in [-0.39, 0.29) is 13.1 Å². The second-order valence-corrected chi connectivity index (χ2v) is 7.78. The summed E-state index contributed by atoms with van der Waals surface area (Å²) in [6.45, 7) is 2.43. The first-order valence-electron chi connectivity index (χ1n) is 6.27. The van der Waals surface area contributed by atoms with Crippen LogP contribution >= 0.6 is 11.3 Å². The summed E-state index contributed by atoms with van der Waals surface area (Å²) in [4.78, 5) is 15.8. The minimum atomic E-state index is -3.64. The molecule has 0 aliphatic carbocycles. The molecule has 0 radical (unpaired) electrons. The largest absolute Gasteiger partial charge is 0.481 e. The van der Waals surface area contributed by atoms with Crippen LogP contribution in [0.1, 0.15) is 22.7 Å². The molecule has 2 N–H and O–H groups in total. The van der Waals surface area contributed by atoms with E-state index < -0.39 is 22.1 Å². The quantitative estimate of drug-likeness (QED) is 0.827. The molecule has 1 atom stereocenters. The Balaban J connectivity index is 1.97. The highest BCUT2D eigenvalue weighted by Gasteiger charge is 2.32. The van der Waals surface area contributed by atoms with Crippen LogP contribution < -0.4 is 4.72 Å². The van der Waals surface area contributed by atoms with Crippen molar-refractivity contribution in [1.29, 1.82) is 0 Å². The van der Waals surface area contributed by atoms with Gasteiger partial charge in [-0.1, -0.05) is 0 Å². The van der Waals surface area contributed by atoms with Gasteiger partial charge >= 0.3 is 5.97 Å². The molecule has 0 aromatic carbocycles. The van der Waals surface area contributed by atoms with Gasteiger partial charge in [0.15, 0.2) is 0 Å². The molecule has 1 fully saturated rings. The van der Waals surface area contributed by atoms with Crippen LogP contribution in [-0.4, -0.2) is 41.9 Å². The maximum Gasteiger partial charge on any atom is 0.307 e. The highest BCUT2D eigenvalue weighted by Crippen LogP contribution is 2.19. The first-order valence-corrected chi connectivity index (χ1v) is 8.53. The lowest BCUT2D eigenvalue weighted by Crippen LogP contribution is -2.47. The summed E-state index contributed by atoms with van der Waals surface area (Å²) in [6, 6.07) is 0. The fraction of sp³-hybridized carbons (Fsp3) is 0.636. The van der Waals surface area contributed by atoms with E-state index in [4.69, 9.17) is 5.11 Å². The van der Waals surface area contributed by atoms with Crippen molar-refractivity contribution in [3.63, 3.8) is 0 Å². The molecule has 1 aliphatic heterocycles. The third-order valence-electron chi connectivity index (χ3n) is 3.17. The number of piperidine rings is 1. The smallest absolute Gasteiger partial charge is 0.307 e. The molecule has 0 saturated carbocycles. The van der Waals surface area contributed by atoms with Crippen LogP contribution in [0.2, 0.25) is 0 Å². The van der Waals surface area contributed by atoms with E-state index in [1.165, 1.54) is 15.6 Å². The molecular formula is C11H17N3O4S2. The highest BCUT2D eigenvalue weighted by atomic mass is 32.2. The maximum atomic E-state index is 12.1. The Morgan fingerprint density at radius 2 is 2.40 bits per heavy atom. The summed E-state index contributed by atoms with van der Waals surface area (Å²) >= 11 is 1.43. The minimum Gasteiger partial charge on any atom is -0.481 e. The Labute approximate surface area is 121 Å². The van der Waals surface area contributed by atoms with Crippen molar-refractivity contribution in [2.75, 3.05) is 13.1 Å². The summed E-state index contributed by atoms with van der Waals surface area (Å²) in [6.07, 6.45) is 2.73. The number of hydrogen-bond donors (Lipinski definition) is 2. The van der Waals surface area contributed by atoms with Gasteiger partial charge in [-0.05, 0) is 19.8 Å². The molecule has 1 saturated heterocycles. The van der Waals surface area contributed by atoms with Gasteiger partial charge in [0.05, 0.1) is 10.9 Å². The molecule has 1 aromatic heterocycles. The molecule has 20 heavy (non-hydrogen) atoms. The van der Waals surface area contributed by atoms with Crippen LogP contribution in [0.5, 0.6) is 0 Å². The summed E-state index contributed by atoms with van der Waals surface area (Å²) in [7, 11) is -3.64. The average Bonchev–Trinajstić information content (AvgIpc) is 2.82. The SMILES string of the molecule is Cc1ncc(CNS(=O)(=O)N2CCCC(C(=O)O)C2)s1. The van der Waals surface area contributed by atoms with E-state index in [2.05, 4.69) is 9.71 Å². The zero-order valence-corrected chi connectivity index (χ0v) is 12.7. The summed E-state index contributed by atoms with van der Waals surface area (Å²) in [5, 5.41) is 9.86. The first kappa shape index (κ1) is 15.4. The Kier molecular flexibility index (Phi) is 4.74. The normalized spacial score (nSPS) is 20.9. The molecule has 9 heteroatoms. The number of carbonyl (C=O) groups is 1. The van der Waals surface area contributed by atoms with Crippen molar-refractivity contribution in [3.05, 3.63) is 16.1 Å². The molecule has 1 aliphatic rings. The molecule has 0 spiro atoms. The van der Waals surface area contributed by atoms with Gasteiger partial charge in [0, 0.05) is 30.7 Å². The van der Waals surface area contributed by atoms with Crippen molar-refractivity contribution in [3.8, 4) is 0 Å². The lowest BCUT2D eigenvalue weighted by molar-refractivity contribution is -0.142. The lowest BCUT2D eigenvalue weighted by Gasteiger charge is -2.29. The van der Waals surface area contributed by atoms with Gasteiger partial charge in [0.25, 0.3) is 10.2 Å². The Hall–Kier alpha value is -1.03. The van der Waals surface area contributed by atoms with E-state index in [1.807, 2.05) is 6.92 Å². The van der Waals surface area contributed by atoms with Crippen LogP contribution in [0.4, 0.5) is 0 Å². The number of aromatic nitrogens is 1. The number of carboxylic acids is 1. The predicted molar refractivity (Wildman–Crippen MR) is 74.5 cm³/mol. The number of nitrogens with zero attached hydrogens (tertiary/aromatic N) is 2. The van der Waals surface area contributed by atoms with Crippen LogP contribution in [0.15, 0.2) is 6.20 Å². The second-order valence-electron chi connectivity index (χ2n) is 4.71. The Morgan fingerprint density at radius 1 is 1.65 bits per heavy atom. The molecule has 112 valence electrons. The molecule has 2 heterocycles. The second kappa shape index (κ2) is 6.17. The molecule has 0 bridgehead atoms. The van der Waals surface area contributed by atoms with Gasteiger partial charge in [-0.3, -0.25) is 4.79 Å². The summed E-state index contributed by atoms with van der Waals surface area (Å²) in [5.74, 6) is -1.56. The average molecular weight is 319 g/mol. The summed E-state index contributed by atoms with van der Waals surface area (Å²) < 4.78 is 28.0. The zero-order valence-electron chi connectivity index (χ0n) is 11.1. The van der Waals surface area contributed by atoms with Gasteiger partial charge in [-0.2, -0.15) is 17.4 Å². The topological polar surface area (TPSA) is 99.6 Å². The number of nitrogens with one attached hydrogen (secondary N) is 1. The minimum absolute atomic E-state index is 0.0341. The highest BCUT2D eigenvalue weighted by molar-refractivity contribution is 7.87. The number of rotatable bonds is 5. The molecule has 1 aromatic rings. The molecule has 7 nitrogen and oxygen atoms in total. The van der Waals surface area contributed by atoms with Crippen molar-refractivity contribution >= 4 is 27.5 Å². The van der Waals surface area contributed by atoms with Crippen molar-refractivity contribution < 1.29 is 18.3 Å². The Morgan fingerprint density at radius 3 is 3.00 bits per heavy atom. The van der Waals surface area contributed by atoms with Gasteiger partial charge in [0.2, 0.25) is 0 Å². The fourth-order valence-electron chi connectivity index (χ4n) is 2.10. The van der Waals surface area contributed by atoms with Crippen molar-refractivity contribution in [1.82, 2.24) is 14.0 Å². The Bertz CT molecular complexity index is 584. The van der Waals surface area contributed by atoms with Crippen LogP contribution in [0.3, 0.4) is 0 Å². The van der Waals surface area contributed by atoms with Crippen molar-refractivity contribution in [2.24, 2.45) is 5.92 Å². The number of hydrogen-bond acceptors (Lipinski definition) is 5. The predicted octanol–water partition coefficient (Wildman–Crippen LogP) is 0.583. The number of aliphatic carboxylic acids is 1. The van der Waals surface area contributed by atoms with E-state index in [0.717, 1.165) is 9.88 Å². The van der Waals surface area contributed by atoms with E-state index >= 15 is 0 Å². The standard InChI is InChI=1S/C11H17N3O4S2/c1-8-12-5-10(19-8)6-13-20(17,18)14-4-2-3-9(7-14)11(15)16/h5,9,13H,2-4,6-7H2,1H3,(H,15,16). The molecule has 2 rings (SSSR count). The van der Waals surface area contributed by atoms with E-state index in [9.17, 15) is 13.2 Å². The van der Waals surface area contributed by atoms with Crippen LogP contribution in [-0.2, 0) is 21.5 Å². The molecule has 1 unspecified atom stereocenters. The van der Waals surface area contributed by atoms with E-state index in [0.29, 0.717) is 19.4 Å². The monoisotopic (exact) mass is 319 g/mol. The van der Waals surface area contributed by atoms with Gasteiger partial charge in [-0.15, -0.1) is 11.3 Å². The third kappa shape index (κ3) is 3.75. The van der Waals surface area contributed by atoms with Gasteiger partial charge in [0.1, 0.15) is 0 Å². The van der Waals surface area contributed by atoms with E-state index in [1.54, 1.807) is 6.20 Å². The lowest BCUT2D eigenvalue weighted by atomic mass is 10.0. The first-order chi connectivity index (χ1) is 9.38.